The molecule has 0 bridgehead atoms. The van der Waals surface area contributed by atoms with E-state index in [0.717, 1.165) is 0 Å². The molecule has 0 fully saturated rings. The first kappa shape index (κ1) is 16.3. The molecule has 0 aliphatic carbocycles. The molecule has 0 aliphatic heterocycles. The lowest BCUT2D eigenvalue weighted by molar-refractivity contribution is 0.111. The van der Waals surface area contributed by atoms with Gasteiger partial charge < -0.3 is 4.74 Å². The summed E-state index contributed by atoms with van der Waals surface area (Å²) in [4.78, 5) is 11.1. The highest BCUT2D eigenvalue weighted by Crippen LogP contribution is 2.27. The maximum absolute atomic E-state index is 14.0. The summed E-state index contributed by atoms with van der Waals surface area (Å²) in [6.45, 7) is 0. The van der Waals surface area contributed by atoms with E-state index in [1.54, 1.807) is 12.1 Å². The Morgan fingerprint density at radius 2 is 1.96 bits per heavy atom. The predicted octanol–water partition coefficient (Wildman–Crippen LogP) is 3.51. The average Bonchev–Trinajstić information content (AvgIpc) is 3.06. The van der Waals surface area contributed by atoms with E-state index in [2.05, 4.69) is 5.10 Å². The minimum atomic E-state index is -0.693. The van der Waals surface area contributed by atoms with Crippen molar-refractivity contribution in [1.29, 1.82) is 5.26 Å². The first-order chi connectivity index (χ1) is 12.1. The topological polar surface area (TPSA) is 67.9 Å². The molecule has 0 aliphatic rings. The predicted molar refractivity (Wildman–Crippen MR) is 85.6 cm³/mol. The third-order valence-corrected chi connectivity index (χ3v) is 3.61. The van der Waals surface area contributed by atoms with Crippen LogP contribution < -0.4 is 4.74 Å². The SMILES string of the molecule is COc1ccc(-n2nc(C=O)cc2-c2ccc(C#N)c(F)c2)cc1F. The van der Waals surface area contributed by atoms with Crippen molar-refractivity contribution in [3.8, 4) is 28.8 Å². The number of nitriles is 1. The van der Waals surface area contributed by atoms with Gasteiger partial charge in [-0.2, -0.15) is 10.4 Å². The second-order valence-corrected chi connectivity index (χ2v) is 5.11. The van der Waals surface area contributed by atoms with Gasteiger partial charge in [0.15, 0.2) is 17.9 Å². The number of nitrogens with zero attached hydrogens (tertiary/aromatic N) is 3. The molecule has 25 heavy (non-hydrogen) atoms. The number of rotatable bonds is 4. The fourth-order valence-electron chi connectivity index (χ4n) is 2.41. The lowest BCUT2D eigenvalue weighted by Crippen LogP contribution is -2.01. The van der Waals surface area contributed by atoms with Crippen LogP contribution in [0, 0.1) is 23.0 Å². The normalized spacial score (nSPS) is 10.3. The Bertz CT molecular complexity index is 1010. The molecule has 7 heteroatoms. The molecule has 0 saturated carbocycles. The van der Waals surface area contributed by atoms with Crippen LogP contribution >= 0.6 is 0 Å². The molecule has 1 heterocycles. The van der Waals surface area contributed by atoms with E-state index < -0.39 is 11.6 Å². The zero-order valence-corrected chi connectivity index (χ0v) is 13.0. The number of hydrogen-bond acceptors (Lipinski definition) is 4. The quantitative estimate of drug-likeness (QED) is 0.682. The largest absolute Gasteiger partial charge is 0.494 e. The monoisotopic (exact) mass is 339 g/mol. The molecule has 0 radical (unpaired) electrons. The van der Waals surface area contributed by atoms with E-state index in [9.17, 15) is 13.6 Å². The van der Waals surface area contributed by atoms with Crippen molar-refractivity contribution in [2.24, 2.45) is 0 Å². The zero-order chi connectivity index (χ0) is 18.0. The summed E-state index contributed by atoms with van der Waals surface area (Å²) in [5, 5.41) is 12.9. The summed E-state index contributed by atoms with van der Waals surface area (Å²) in [5.41, 5.74) is 1.13. The molecule has 1 aromatic heterocycles. The van der Waals surface area contributed by atoms with Crippen LogP contribution in [0.5, 0.6) is 5.75 Å². The van der Waals surface area contributed by atoms with Crippen LogP contribution in [0.15, 0.2) is 42.5 Å². The van der Waals surface area contributed by atoms with Crippen LogP contribution in [0.25, 0.3) is 16.9 Å². The zero-order valence-electron chi connectivity index (χ0n) is 13.0. The van der Waals surface area contributed by atoms with Crippen LogP contribution in [0.2, 0.25) is 0 Å². The molecule has 0 saturated heterocycles. The molecule has 0 N–H and O–H groups in total. The number of aldehydes is 1. The van der Waals surface area contributed by atoms with E-state index in [1.807, 2.05) is 0 Å². The molecule has 3 aromatic rings. The summed E-state index contributed by atoms with van der Waals surface area (Å²) in [6, 6.07) is 11.4. The van der Waals surface area contributed by atoms with Crippen molar-refractivity contribution in [2.45, 2.75) is 0 Å². The lowest BCUT2D eigenvalue weighted by Gasteiger charge is -2.09. The van der Waals surface area contributed by atoms with Crippen LogP contribution in [0.1, 0.15) is 16.1 Å². The Morgan fingerprint density at radius 3 is 2.56 bits per heavy atom. The molecule has 2 aromatic carbocycles. The Morgan fingerprint density at radius 1 is 1.16 bits per heavy atom. The average molecular weight is 339 g/mol. The Kier molecular flexibility index (Phi) is 4.27. The Labute approximate surface area is 141 Å². The van der Waals surface area contributed by atoms with Crippen molar-refractivity contribution >= 4 is 6.29 Å². The Balaban J connectivity index is 2.17. The summed E-state index contributed by atoms with van der Waals surface area (Å²) in [6.07, 6.45) is 0.542. The summed E-state index contributed by atoms with van der Waals surface area (Å²) < 4.78 is 34.1. The Hall–Kier alpha value is -3.53. The molecule has 0 unspecified atom stereocenters. The van der Waals surface area contributed by atoms with Gasteiger partial charge in [0, 0.05) is 11.6 Å². The summed E-state index contributed by atoms with van der Waals surface area (Å²) >= 11 is 0. The van der Waals surface area contributed by atoms with Crippen LogP contribution in [-0.2, 0) is 0 Å². The maximum Gasteiger partial charge on any atom is 0.170 e. The van der Waals surface area contributed by atoms with Crippen molar-refractivity contribution in [3.05, 3.63) is 65.4 Å². The summed E-state index contributed by atoms with van der Waals surface area (Å²) in [5.74, 6) is -1.22. The highest BCUT2D eigenvalue weighted by Gasteiger charge is 2.15. The molecule has 5 nitrogen and oxygen atoms in total. The van der Waals surface area contributed by atoms with E-state index in [0.29, 0.717) is 23.2 Å². The maximum atomic E-state index is 14.0. The third-order valence-electron chi connectivity index (χ3n) is 3.61. The second kappa shape index (κ2) is 6.53. The van der Waals surface area contributed by atoms with Gasteiger partial charge in [0.2, 0.25) is 0 Å². The highest BCUT2D eigenvalue weighted by atomic mass is 19.1. The smallest absolute Gasteiger partial charge is 0.170 e. The molecular weight excluding hydrogens is 328 g/mol. The van der Waals surface area contributed by atoms with E-state index >= 15 is 0 Å². The van der Waals surface area contributed by atoms with E-state index in [4.69, 9.17) is 10.00 Å². The number of carbonyl (C=O) groups is 1. The summed E-state index contributed by atoms with van der Waals surface area (Å²) in [7, 11) is 1.35. The van der Waals surface area contributed by atoms with Crippen LogP contribution in [-0.4, -0.2) is 23.2 Å². The van der Waals surface area contributed by atoms with Gasteiger partial charge in [-0.1, -0.05) is 6.07 Å². The first-order valence-electron chi connectivity index (χ1n) is 7.16. The molecular formula is C18H11F2N3O2. The molecule has 124 valence electrons. The minimum Gasteiger partial charge on any atom is -0.494 e. The fraction of sp³-hybridized carbons (Fsp3) is 0.0556. The number of methoxy groups -OCH3 is 1. The molecule has 0 spiro atoms. The van der Waals surface area contributed by atoms with Crippen LogP contribution in [0.4, 0.5) is 8.78 Å². The van der Waals surface area contributed by atoms with Crippen molar-refractivity contribution in [1.82, 2.24) is 9.78 Å². The van der Waals surface area contributed by atoms with Gasteiger partial charge >= 0.3 is 0 Å². The van der Waals surface area contributed by atoms with Crippen molar-refractivity contribution in [2.75, 3.05) is 7.11 Å². The van der Waals surface area contributed by atoms with Crippen LogP contribution in [0.3, 0.4) is 0 Å². The highest BCUT2D eigenvalue weighted by molar-refractivity contribution is 5.76. The fourth-order valence-corrected chi connectivity index (χ4v) is 2.41. The standard InChI is InChI=1S/C18H11F2N3O2/c1-25-18-5-4-14(8-16(18)20)23-17(7-13(10-24)22-23)11-2-3-12(9-21)15(19)6-11/h2-8,10H,1H3. The number of halogens is 2. The van der Waals surface area contributed by atoms with Gasteiger partial charge in [-0.3, -0.25) is 4.79 Å². The van der Waals surface area contributed by atoms with Crippen molar-refractivity contribution in [3.63, 3.8) is 0 Å². The number of aromatic nitrogens is 2. The lowest BCUT2D eigenvalue weighted by atomic mass is 10.1. The molecule has 0 amide bonds. The number of hydrogen-bond donors (Lipinski definition) is 0. The van der Waals surface area contributed by atoms with Crippen molar-refractivity contribution < 1.29 is 18.3 Å². The minimum absolute atomic E-state index is 0.0671. The van der Waals surface area contributed by atoms with Gasteiger partial charge in [-0.15, -0.1) is 0 Å². The second-order valence-electron chi connectivity index (χ2n) is 5.11. The number of benzene rings is 2. The first-order valence-corrected chi connectivity index (χ1v) is 7.16. The van der Waals surface area contributed by atoms with Gasteiger partial charge in [0.1, 0.15) is 17.6 Å². The van der Waals surface area contributed by atoms with Gasteiger partial charge in [0.25, 0.3) is 0 Å². The van der Waals surface area contributed by atoms with Gasteiger partial charge in [0.05, 0.1) is 24.1 Å². The van der Waals surface area contributed by atoms with Gasteiger partial charge in [-0.25, -0.2) is 13.5 Å². The van der Waals surface area contributed by atoms with Gasteiger partial charge in [-0.05, 0) is 30.3 Å². The van der Waals surface area contributed by atoms with E-state index in [-0.39, 0.29) is 17.0 Å². The molecule has 0 atom stereocenters. The number of carbonyl (C=O) groups excluding carboxylic acids is 1. The van der Waals surface area contributed by atoms with E-state index in [1.165, 1.54) is 48.2 Å². The molecule has 3 rings (SSSR count). The number of ether oxygens (including phenoxy) is 1. The third kappa shape index (κ3) is 2.97.